The van der Waals surface area contributed by atoms with Crippen molar-refractivity contribution in [2.75, 3.05) is 30.5 Å². The Morgan fingerprint density at radius 1 is 0.622 bits per heavy atom. The highest BCUT2D eigenvalue weighted by Crippen LogP contribution is 2.13. The summed E-state index contributed by atoms with van der Waals surface area (Å²) in [6, 6.07) is 12.3. The van der Waals surface area contributed by atoms with Crippen LogP contribution in [0.1, 0.15) is 66.7 Å². The molecule has 2 amide bonds. The zero-order valence-electron chi connectivity index (χ0n) is 21.0. The zero-order valence-corrected chi connectivity index (χ0v) is 21.0. The van der Waals surface area contributed by atoms with Gasteiger partial charge in [-0.3, -0.25) is 14.4 Å². The van der Waals surface area contributed by atoms with E-state index in [1.807, 2.05) is 13.8 Å². The van der Waals surface area contributed by atoms with Gasteiger partial charge >= 0.3 is 17.9 Å². The molecule has 0 atom stereocenters. The van der Waals surface area contributed by atoms with Crippen LogP contribution in [0.25, 0.3) is 0 Å². The quantitative estimate of drug-likeness (QED) is 0.219. The van der Waals surface area contributed by atoms with Gasteiger partial charge in [0.25, 0.3) is 5.91 Å². The minimum Gasteiger partial charge on any atom is -0.462 e. The van der Waals surface area contributed by atoms with Crippen LogP contribution in [0.5, 0.6) is 0 Å². The van der Waals surface area contributed by atoms with E-state index >= 15 is 0 Å². The molecule has 0 aromatic heterocycles. The Labute approximate surface area is 215 Å². The molecule has 198 valence electrons. The summed E-state index contributed by atoms with van der Waals surface area (Å²) in [7, 11) is 0. The van der Waals surface area contributed by atoms with Crippen LogP contribution in [0.3, 0.4) is 0 Å². The molecule has 0 radical (unpaired) electrons. The summed E-state index contributed by atoms with van der Waals surface area (Å²) in [5.74, 6) is -2.56. The van der Waals surface area contributed by atoms with Crippen LogP contribution in [0, 0.1) is 0 Å². The van der Waals surface area contributed by atoms with Crippen LogP contribution in [0.15, 0.2) is 48.5 Å². The number of unbranched alkanes of at least 4 members (excludes halogenated alkanes) is 1. The van der Waals surface area contributed by atoms with E-state index in [0.717, 1.165) is 19.3 Å². The number of esters is 3. The summed E-state index contributed by atoms with van der Waals surface area (Å²) >= 11 is 0. The van der Waals surface area contributed by atoms with Crippen LogP contribution in [0.4, 0.5) is 11.4 Å². The predicted octanol–water partition coefficient (Wildman–Crippen LogP) is 4.11. The SMILES string of the molecule is CCCCOC(=O)c1ccc(NC(=O)COC(=O)CCC(=O)Nc2ccc(C(=O)OCCC)cc2)cc1. The monoisotopic (exact) mass is 512 g/mol. The van der Waals surface area contributed by atoms with Gasteiger partial charge in [-0.1, -0.05) is 20.3 Å². The fourth-order valence-electron chi connectivity index (χ4n) is 2.90. The van der Waals surface area contributed by atoms with Crippen molar-refractivity contribution in [3.05, 3.63) is 59.7 Å². The Bertz CT molecular complexity index is 1060. The van der Waals surface area contributed by atoms with Gasteiger partial charge in [-0.2, -0.15) is 0 Å². The summed E-state index contributed by atoms with van der Waals surface area (Å²) in [6.45, 7) is 4.06. The summed E-state index contributed by atoms with van der Waals surface area (Å²) in [6.07, 6.45) is 2.07. The fourth-order valence-corrected chi connectivity index (χ4v) is 2.90. The lowest BCUT2D eigenvalue weighted by Crippen LogP contribution is -2.21. The standard InChI is InChI=1S/C27H32N2O8/c1-3-5-17-36-27(34)20-8-12-22(13-9-20)29-24(31)18-37-25(32)15-14-23(30)28-21-10-6-19(7-11-21)26(33)35-16-4-2/h6-13H,3-5,14-18H2,1-2H3,(H,28,30)(H,29,31). The van der Waals surface area contributed by atoms with Crippen LogP contribution >= 0.6 is 0 Å². The minimum atomic E-state index is -0.704. The molecular formula is C27H32N2O8. The minimum absolute atomic E-state index is 0.142. The number of carbonyl (C=O) groups is 5. The molecule has 10 nitrogen and oxygen atoms in total. The third-order valence-electron chi connectivity index (χ3n) is 4.90. The molecule has 2 aromatic rings. The first-order valence-electron chi connectivity index (χ1n) is 12.1. The molecule has 2 N–H and O–H groups in total. The van der Waals surface area contributed by atoms with Crippen LogP contribution < -0.4 is 10.6 Å². The molecule has 37 heavy (non-hydrogen) atoms. The van der Waals surface area contributed by atoms with Crippen LogP contribution in [0.2, 0.25) is 0 Å². The largest absolute Gasteiger partial charge is 0.462 e. The molecule has 0 aliphatic carbocycles. The number of amides is 2. The summed E-state index contributed by atoms with van der Waals surface area (Å²) in [4.78, 5) is 59.7. The maximum atomic E-state index is 12.1. The van der Waals surface area contributed by atoms with E-state index in [9.17, 15) is 24.0 Å². The highest BCUT2D eigenvalue weighted by molar-refractivity contribution is 5.96. The Morgan fingerprint density at radius 3 is 1.65 bits per heavy atom. The lowest BCUT2D eigenvalue weighted by Gasteiger charge is -2.08. The number of hydrogen-bond donors (Lipinski definition) is 2. The second kappa shape index (κ2) is 15.7. The Kier molecular flexibility index (Phi) is 12.3. The van der Waals surface area contributed by atoms with E-state index in [1.54, 1.807) is 24.3 Å². The molecule has 0 aliphatic rings. The number of anilines is 2. The lowest BCUT2D eigenvalue weighted by atomic mass is 10.2. The molecule has 2 aromatic carbocycles. The van der Waals surface area contributed by atoms with Crippen molar-refractivity contribution in [3.8, 4) is 0 Å². The first-order valence-corrected chi connectivity index (χ1v) is 12.1. The molecular weight excluding hydrogens is 480 g/mol. The normalized spacial score (nSPS) is 10.2. The van der Waals surface area contributed by atoms with Gasteiger partial charge in [0.15, 0.2) is 6.61 Å². The third-order valence-corrected chi connectivity index (χ3v) is 4.90. The molecule has 0 saturated heterocycles. The van der Waals surface area contributed by atoms with Gasteiger partial charge in [-0.15, -0.1) is 0 Å². The molecule has 2 rings (SSSR count). The molecule has 0 heterocycles. The maximum Gasteiger partial charge on any atom is 0.338 e. The molecule has 0 spiro atoms. The molecule has 10 heteroatoms. The molecule has 0 unspecified atom stereocenters. The van der Waals surface area contributed by atoms with Crippen molar-refractivity contribution in [2.24, 2.45) is 0 Å². The number of carbonyl (C=O) groups excluding carboxylic acids is 5. The van der Waals surface area contributed by atoms with Gasteiger partial charge in [-0.05, 0) is 61.4 Å². The van der Waals surface area contributed by atoms with Gasteiger partial charge < -0.3 is 24.8 Å². The Morgan fingerprint density at radius 2 is 1.14 bits per heavy atom. The number of nitrogens with one attached hydrogen (secondary N) is 2. The van der Waals surface area contributed by atoms with E-state index < -0.39 is 36.3 Å². The van der Waals surface area contributed by atoms with Gasteiger partial charge in [0, 0.05) is 17.8 Å². The molecule has 0 bridgehead atoms. The third kappa shape index (κ3) is 10.9. The zero-order chi connectivity index (χ0) is 27.0. The average Bonchev–Trinajstić information content (AvgIpc) is 2.90. The van der Waals surface area contributed by atoms with Crippen molar-refractivity contribution >= 4 is 41.1 Å². The predicted molar refractivity (Wildman–Crippen MR) is 136 cm³/mol. The van der Waals surface area contributed by atoms with E-state index in [0.29, 0.717) is 35.7 Å². The van der Waals surface area contributed by atoms with Gasteiger partial charge in [-0.25, -0.2) is 9.59 Å². The van der Waals surface area contributed by atoms with Crippen LogP contribution in [-0.4, -0.2) is 49.5 Å². The summed E-state index contributed by atoms with van der Waals surface area (Å²) < 4.78 is 15.1. The topological polar surface area (TPSA) is 137 Å². The highest BCUT2D eigenvalue weighted by atomic mass is 16.5. The first-order chi connectivity index (χ1) is 17.8. The fraction of sp³-hybridized carbons (Fsp3) is 0.370. The van der Waals surface area contributed by atoms with Gasteiger partial charge in [0.1, 0.15) is 0 Å². The maximum absolute atomic E-state index is 12.1. The number of ether oxygens (including phenoxy) is 3. The van der Waals surface area contributed by atoms with Crippen molar-refractivity contribution in [3.63, 3.8) is 0 Å². The second-order valence-corrected chi connectivity index (χ2v) is 8.04. The molecule has 0 saturated carbocycles. The molecule has 0 aliphatic heterocycles. The van der Waals surface area contributed by atoms with Crippen molar-refractivity contribution in [2.45, 2.75) is 46.0 Å². The average molecular weight is 513 g/mol. The van der Waals surface area contributed by atoms with Crippen molar-refractivity contribution in [1.82, 2.24) is 0 Å². The van der Waals surface area contributed by atoms with Crippen LogP contribution in [-0.2, 0) is 28.6 Å². The lowest BCUT2D eigenvalue weighted by molar-refractivity contribution is -0.147. The van der Waals surface area contributed by atoms with Gasteiger partial charge in [0.2, 0.25) is 5.91 Å². The Hall–Kier alpha value is -4.21. The van der Waals surface area contributed by atoms with Crippen molar-refractivity contribution in [1.29, 1.82) is 0 Å². The number of hydrogen-bond acceptors (Lipinski definition) is 8. The number of rotatable bonds is 14. The van der Waals surface area contributed by atoms with E-state index in [-0.39, 0.29) is 12.8 Å². The summed E-state index contributed by atoms with van der Waals surface area (Å²) in [5.41, 5.74) is 1.62. The smallest absolute Gasteiger partial charge is 0.338 e. The number of benzene rings is 2. The summed E-state index contributed by atoms with van der Waals surface area (Å²) in [5, 5.41) is 5.18. The first kappa shape index (κ1) is 29.0. The molecule has 0 fully saturated rings. The Balaban J connectivity index is 1.67. The van der Waals surface area contributed by atoms with E-state index in [4.69, 9.17) is 14.2 Å². The van der Waals surface area contributed by atoms with E-state index in [2.05, 4.69) is 10.6 Å². The van der Waals surface area contributed by atoms with Gasteiger partial charge in [0.05, 0.1) is 30.8 Å². The highest BCUT2D eigenvalue weighted by Gasteiger charge is 2.13. The second-order valence-electron chi connectivity index (χ2n) is 8.04. The van der Waals surface area contributed by atoms with E-state index in [1.165, 1.54) is 24.3 Å². The van der Waals surface area contributed by atoms with Crippen molar-refractivity contribution < 1.29 is 38.2 Å².